The minimum absolute atomic E-state index is 0.111. The lowest BCUT2D eigenvalue weighted by Crippen LogP contribution is -2.18. The molecule has 0 aliphatic rings. The van der Waals surface area contributed by atoms with Gasteiger partial charge in [0.25, 0.3) is 0 Å². The van der Waals surface area contributed by atoms with Crippen molar-refractivity contribution in [3.8, 4) is 0 Å². The van der Waals surface area contributed by atoms with Crippen LogP contribution in [-0.2, 0) is 5.41 Å². The van der Waals surface area contributed by atoms with Crippen LogP contribution in [0.5, 0.6) is 0 Å². The molecule has 0 saturated heterocycles. The third kappa shape index (κ3) is 3.57. The van der Waals surface area contributed by atoms with Crippen molar-refractivity contribution in [2.45, 2.75) is 19.3 Å². The molecule has 0 aromatic heterocycles. The molecule has 0 atom stereocenters. The molecule has 0 radical (unpaired) electrons. The van der Waals surface area contributed by atoms with Gasteiger partial charge in [0, 0.05) is 5.41 Å². The first-order valence-electron chi connectivity index (χ1n) is 6.45. The highest BCUT2D eigenvalue weighted by atomic mass is 32.1. The van der Waals surface area contributed by atoms with Gasteiger partial charge in [0.2, 0.25) is 0 Å². The number of isothiocyanates is 2. The third-order valence-electron chi connectivity index (χ3n) is 3.53. The standard InChI is InChI=1S/C17H14N2S2/c1-17(2,13-3-7-15(8-4-13)18-11-20)14-5-9-16(10-6-14)19-12-21/h3-10H,1-2H3. The van der Waals surface area contributed by atoms with Gasteiger partial charge in [-0.05, 0) is 59.8 Å². The van der Waals surface area contributed by atoms with E-state index in [9.17, 15) is 0 Å². The lowest BCUT2D eigenvalue weighted by molar-refractivity contribution is 0.641. The first-order valence-corrected chi connectivity index (χ1v) is 7.26. The summed E-state index contributed by atoms with van der Waals surface area (Å²) in [6.07, 6.45) is 0. The first kappa shape index (κ1) is 15.4. The van der Waals surface area contributed by atoms with Crippen LogP contribution in [0.15, 0.2) is 58.5 Å². The molecule has 2 nitrogen and oxygen atoms in total. The fourth-order valence-electron chi connectivity index (χ4n) is 2.18. The SMILES string of the molecule is CC(C)(c1ccc(N=C=S)cc1)c1ccc(N=C=S)cc1. The maximum atomic E-state index is 4.61. The van der Waals surface area contributed by atoms with Gasteiger partial charge in [-0.2, -0.15) is 9.98 Å². The summed E-state index contributed by atoms with van der Waals surface area (Å²) in [6, 6.07) is 16.0. The largest absolute Gasteiger partial charge is 0.195 e. The van der Waals surface area contributed by atoms with Crippen molar-refractivity contribution in [2.24, 2.45) is 9.98 Å². The molecule has 0 heterocycles. The average Bonchev–Trinajstić information content (AvgIpc) is 2.49. The second kappa shape index (κ2) is 6.66. The van der Waals surface area contributed by atoms with Crippen LogP contribution in [0.1, 0.15) is 25.0 Å². The van der Waals surface area contributed by atoms with Gasteiger partial charge < -0.3 is 0 Å². The Morgan fingerprint density at radius 1 is 0.714 bits per heavy atom. The van der Waals surface area contributed by atoms with Gasteiger partial charge in [-0.15, -0.1) is 0 Å². The molecule has 2 aromatic rings. The van der Waals surface area contributed by atoms with E-state index in [-0.39, 0.29) is 5.41 Å². The van der Waals surface area contributed by atoms with Crippen LogP contribution in [0.25, 0.3) is 0 Å². The predicted octanol–water partition coefficient (Wildman–Crippen LogP) is 5.48. The Kier molecular flexibility index (Phi) is 4.89. The minimum Gasteiger partial charge on any atom is -0.195 e. The van der Waals surface area contributed by atoms with Crippen LogP contribution >= 0.6 is 24.4 Å². The zero-order chi connectivity index (χ0) is 15.3. The molecule has 0 aliphatic carbocycles. The molecule has 0 saturated carbocycles. The molecule has 104 valence electrons. The number of thiocarbonyl (C=S) groups is 2. The van der Waals surface area contributed by atoms with Gasteiger partial charge in [0.05, 0.1) is 21.7 Å². The van der Waals surface area contributed by atoms with E-state index >= 15 is 0 Å². The Hall–Kier alpha value is -1.96. The van der Waals surface area contributed by atoms with Gasteiger partial charge in [0.1, 0.15) is 0 Å². The number of nitrogens with zero attached hydrogens (tertiary/aromatic N) is 2. The fraction of sp³-hybridized carbons (Fsp3) is 0.176. The minimum atomic E-state index is -0.111. The van der Waals surface area contributed by atoms with Crippen LogP contribution in [0.3, 0.4) is 0 Å². The molecule has 0 amide bonds. The molecule has 0 unspecified atom stereocenters. The number of hydrogen-bond donors (Lipinski definition) is 0. The van der Waals surface area contributed by atoms with Crippen LogP contribution in [0.4, 0.5) is 11.4 Å². The smallest absolute Gasteiger partial charge is 0.0739 e. The number of rotatable bonds is 4. The normalized spacial score (nSPS) is 10.4. The summed E-state index contributed by atoms with van der Waals surface area (Å²) in [4.78, 5) is 7.94. The second-order valence-corrected chi connectivity index (χ2v) is 5.49. The van der Waals surface area contributed by atoms with Crippen molar-refractivity contribution in [1.29, 1.82) is 0 Å². The Balaban J connectivity index is 2.35. The van der Waals surface area contributed by atoms with Gasteiger partial charge in [-0.25, -0.2) is 0 Å². The lowest BCUT2D eigenvalue weighted by atomic mass is 9.78. The topological polar surface area (TPSA) is 24.7 Å². The van der Waals surface area contributed by atoms with E-state index in [1.807, 2.05) is 24.3 Å². The highest BCUT2D eigenvalue weighted by molar-refractivity contribution is 7.78. The Labute approximate surface area is 135 Å². The van der Waals surface area contributed by atoms with E-state index in [2.05, 4.69) is 82.9 Å². The summed E-state index contributed by atoms with van der Waals surface area (Å²) < 4.78 is 0. The summed E-state index contributed by atoms with van der Waals surface area (Å²) in [6.45, 7) is 4.36. The zero-order valence-electron chi connectivity index (χ0n) is 11.8. The van der Waals surface area contributed by atoms with Crippen LogP contribution < -0.4 is 0 Å². The molecule has 2 aromatic carbocycles. The summed E-state index contributed by atoms with van der Waals surface area (Å²) in [5.74, 6) is 0. The molecule has 21 heavy (non-hydrogen) atoms. The highest BCUT2D eigenvalue weighted by Crippen LogP contribution is 2.33. The zero-order valence-corrected chi connectivity index (χ0v) is 13.5. The summed E-state index contributed by atoms with van der Waals surface area (Å²) in [5, 5.41) is 4.75. The van der Waals surface area contributed by atoms with Gasteiger partial charge >= 0.3 is 0 Å². The third-order valence-corrected chi connectivity index (χ3v) is 3.71. The predicted molar refractivity (Wildman–Crippen MR) is 94.4 cm³/mol. The van der Waals surface area contributed by atoms with E-state index in [1.165, 1.54) is 11.1 Å². The molecule has 0 aliphatic heterocycles. The molecular formula is C17H14N2S2. The van der Waals surface area contributed by atoms with Crippen LogP contribution in [0, 0.1) is 0 Å². The van der Waals surface area contributed by atoms with E-state index in [0.29, 0.717) is 0 Å². The Morgan fingerprint density at radius 3 is 1.33 bits per heavy atom. The van der Waals surface area contributed by atoms with E-state index in [1.54, 1.807) is 0 Å². The molecule has 0 spiro atoms. The van der Waals surface area contributed by atoms with Crippen molar-refractivity contribution in [1.82, 2.24) is 0 Å². The maximum Gasteiger partial charge on any atom is 0.0739 e. The lowest BCUT2D eigenvalue weighted by Gasteiger charge is -2.26. The highest BCUT2D eigenvalue weighted by Gasteiger charge is 2.22. The van der Waals surface area contributed by atoms with Gasteiger partial charge in [-0.3, -0.25) is 0 Å². The average molecular weight is 310 g/mol. The monoisotopic (exact) mass is 310 g/mol. The maximum absolute atomic E-state index is 4.61. The number of hydrogen-bond acceptors (Lipinski definition) is 4. The van der Waals surface area contributed by atoms with E-state index in [4.69, 9.17) is 0 Å². The molecule has 2 rings (SSSR count). The van der Waals surface area contributed by atoms with Crippen molar-refractivity contribution in [3.63, 3.8) is 0 Å². The summed E-state index contributed by atoms with van der Waals surface area (Å²) >= 11 is 9.22. The molecule has 0 fully saturated rings. The van der Waals surface area contributed by atoms with Crippen molar-refractivity contribution < 1.29 is 0 Å². The van der Waals surface area contributed by atoms with Crippen molar-refractivity contribution in [2.75, 3.05) is 0 Å². The van der Waals surface area contributed by atoms with Crippen molar-refractivity contribution in [3.05, 3.63) is 59.7 Å². The Bertz CT molecular complexity index is 655. The first-order chi connectivity index (χ1) is 10.1. The molecule has 4 heteroatoms. The summed E-state index contributed by atoms with van der Waals surface area (Å²) in [5.41, 5.74) is 3.93. The van der Waals surface area contributed by atoms with Crippen molar-refractivity contribution >= 4 is 46.1 Å². The number of aliphatic imine (C=N–C) groups is 2. The van der Waals surface area contributed by atoms with Gasteiger partial charge in [0.15, 0.2) is 0 Å². The fourth-order valence-corrected chi connectivity index (χ4v) is 2.39. The Morgan fingerprint density at radius 2 is 1.05 bits per heavy atom. The molecule has 0 N–H and O–H groups in total. The van der Waals surface area contributed by atoms with Gasteiger partial charge in [-0.1, -0.05) is 38.1 Å². The molecular weight excluding hydrogens is 296 g/mol. The van der Waals surface area contributed by atoms with Crippen LogP contribution in [-0.4, -0.2) is 10.3 Å². The number of benzene rings is 2. The quantitative estimate of drug-likeness (QED) is 0.551. The van der Waals surface area contributed by atoms with E-state index in [0.717, 1.165) is 11.4 Å². The molecule has 0 bridgehead atoms. The second-order valence-electron chi connectivity index (χ2n) is 5.12. The summed E-state index contributed by atoms with van der Waals surface area (Å²) in [7, 11) is 0. The van der Waals surface area contributed by atoms with Crippen LogP contribution in [0.2, 0.25) is 0 Å². The van der Waals surface area contributed by atoms with E-state index < -0.39 is 0 Å².